The number of nitrogens with one attached hydrogen (secondary N) is 2. The molecule has 2 N–H and O–H groups in total. The quantitative estimate of drug-likeness (QED) is 0.494. The zero-order valence-corrected chi connectivity index (χ0v) is 18.8. The van der Waals surface area contributed by atoms with Crippen LogP contribution in [0, 0.1) is 5.92 Å². The fraction of sp³-hybridized carbons (Fsp3) is 0.609. The summed E-state index contributed by atoms with van der Waals surface area (Å²) in [6.07, 6.45) is 6.79. The Morgan fingerprint density at radius 1 is 1.07 bits per heavy atom. The van der Waals surface area contributed by atoms with E-state index in [1.54, 1.807) is 24.3 Å². The summed E-state index contributed by atoms with van der Waals surface area (Å²) in [5.41, 5.74) is 0. The van der Waals surface area contributed by atoms with Crippen LogP contribution in [0.25, 0.3) is 0 Å². The van der Waals surface area contributed by atoms with Gasteiger partial charge in [-0.25, -0.2) is 4.79 Å². The van der Waals surface area contributed by atoms with Crippen molar-refractivity contribution in [3.05, 3.63) is 30.3 Å². The fourth-order valence-corrected chi connectivity index (χ4v) is 4.26. The molecule has 0 aliphatic heterocycles. The van der Waals surface area contributed by atoms with E-state index >= 15 is 0 Å². The van der Waals surface area contributed by atoms with Crippen LogP contribution in [-0.4, -0.2) is 35.0 Å². The van der Waals surface area contributed by atoms with E-state index in [4.69, 9.17) is 4.74 Å². The van der Waals surface area contributed by atoms with Gasteiger partial charge in [0, 0.05) is 17.7 Å². The molecule has 1 aromatic rings. The van der Waals surface area contributed by atoms with Crippen LogP contribution >= 0.6 is 11.8 Å². The van der Waals surface area contributed by atoms with Crippen LogP contribution in [0.15, 0.2) is 30.3 Å². The minimum atomic E-state index is -0.620. The first-order valence-electron chi connectivity index (χ1n) is 11.0. The number of para-hydroxylation sites is 1. The van der Waals surface area contributed by atoms with Crippen LogP contribution in [-0.2, 0) is 9.59 Å². The van der Waals surface area contributed by atoms with Crippen molar-refractivity contribution in [2.24, 2.45) is 5.92 Å². The van der Waals surface area contributed by atoms with Crippen molar-refractivity contribution in [1.82, 2.24) is 10.6 Å². The number of hydrogen-bond donors (Lipinski definition) is 2. The van der Waals surface area contributed by atoms with Crippen LogP contribution in [0.5, 0.6) is 5.75 Å². The van der Waals surface area contributed by atoms with Crippen molar-refractivity contribution in [2.45, 2.75) is 77.3 Å². The molecule has 2 amide bonds. The normalized spacial score (nSPS) is 15.0. The topological polar surface area (TPSA) is 84.5 Å². The van der Waals surface area contributed by atoms with E-state index in [1.807, 2.05) is 19.9 Å². The van der Waals surface area contributed by atoms with Crippen molar-refractivity contribution in [3.63, 3.8) is 0 Å². The van der Waals surface area contributed by atoms with Crippen LogP contribution in [0.4, 0.5) is 4.79 Å². The molecule has 0 bridgehead atoms. The highest BCUT2D eigenvalue weighted by Crippen LogP contribution is 2.18. The molecule has 0 spiro atoms. The summed E-state index contributed by atoms with van der Waals surface area (Å²) in [5, 5.41) is 6.02. The van der Waals surface area contributed by atoms with Gasteiger partial charge in [0.1, 0.15) is 11.8 Å². The third-order valence-electron chi connectivity index (χ3n) is 5.12. The molecular weight excluding hydrogens is 400 g/mol. The zero-order valence-electron chi connectivity index (χ0n) is 18.0. The highest BCUT2D eigenvalue weighted by Gasteiger charge is 2.25. The summed E-state index contributed by atoms with van der Waals surface area (Å²) in [6, 6.07) is 8.39. The molecule has 0 saturated heterocycles. The lowest BCUT2D eigenvalue weighted by atomic mass is 10.1. The maximum absolute atomic E-state index is 12.7. The Labute approximate surface area is 183 Å². The molecule has 0 unspecified atom stereocenters. The second-order valence-corrected chi connectivity index (χ2v) is 9.16. The van der Waals surface area contributed by atoms with Crippen molar-refractivity contribution in [1.29, 1.82) is 0 Å². The van der Waals surface area contributed by atoms with Gasteiger partial charge in [0.25, 0.3) is 0 Å². The molecule has 1 atom stereocenters. The van der Waals surface area contributed by atoms with Gasteiger partial charge in [-0.1, -0.05) is 69.5 Å². The summed E-state index contributed by atoms with van der Waals surface area (Å²) >= 11 is 1.37. The number of rotatable bonds is 11. The van der Waals surface area contributed by atoms with Crippen molar-refractivity contribution < 1.29 is 19.1 Å². The number of carbonyl (C=O) groups excluding carboxylic acids is 3. The molecule has 1 fully saturated rings. The van der Waals surface area contributed by atoms with Crippen molar-refractivity contribution in [2.75, 3.05) is 5.75 Å². The molecular formula is C23H34N2O4S. The molecule has 0 aromatic heterocycles. The van der Waals surface area contributed by atoms with Gasteiger partial charge < -0.3 is 15.4 Å². The third-order valence-corrected chi connectivity index (χ3v) is 6.37. The molecule has 1 aromatic carbocycles. The molecule has 0 heterocycles. The van der Waals surface area contributed by atoms with Gasteiger partial charge in [-0.05, 0) is 37.8 Å². The Hall–Kier alpha value is -2.02. The van der Waals surface area contributed by atoms with Crippen LogP contribution in [0.2, 0.25) is 0 Å². The third kappa shape index (κ3) is 9.20. The molecule has 166 valence electrons. The molecule has 2 rings (SSSR count). The number of amides is 2. The number of ether oxygens (including phenoxy) is 1. The van der Waals surface area contributed by atoms with Gasteiger partial charge in [0.05, 0.1) is 0 Å². The number of unbranched alkanes of at least 4 members (excludes halogenated alkanes) is 2. The maximum atomic E-state index is 12.7. The molecule has 1 aliphatic rings. The van der Waals surface area contributed by atoms with E-state index in [9.17, 15) is 14.4 Å². The largest absolute Gasteiger partial charge is 0.413 e. The first-order valence-corrected chi connectivity index (χ1v) is 11.9. The van der Waals surface area contributed by atoms with Gasteiger partial charge in [0.2, 0.25) is 5.91 Å². The van der Waals surface area contributed by atoms with Gasteiger partial charge in [-0.2, -0.15) is 0 Å². The number of benzene rings is 1. The second kappa shape index (κ2) is 13.3. The van der Waals surface area contributed by atoms with E-state index in [0.717, 1.165) is 50.7 Å². The highest BCUT2D eigenvalue weighted by atomic mass is 32.2. The summed E-state index contributed by atoms with van der Waals surface area (Å²) in [7, 11) is 0. The SMILES string of the molecule is CC(C)C(=O)SCCCCC[C@H](NC(=O)Oc1ccccc1)C(=O)NC1CCCC1. The minimum absolute atomic E-state index is 0.0542. The molecule has 7 heteroatoms. The van der Waals surface area contributed by atoms with E-state index in [1.165, 1.54) is 11.8 Å². The zero-order chi connectivity index (χ0) is 21.8. The molecule has 6 nitrogen and oxygen atoms in total. The Kier molecular flexibility index (Phi) is 10.8. The van der Waals surface area contributed by atoms with E-state index in [0.29, 0.717) is 12.2 Å². The highest BCUT2D eigenvalue weighted by molar-refractivity contribution is 8.13. The summed E-state index contributed by atoms with van der Waals surface area (Å²) in [5.74, 6) is 1.14. The van der Waals surface area contributed by atoms with Crippen LogP contribution in [0.1, 0.15) is 65.2 Å². The fourth-order valence-electron chi connectivity index (χ4n) is 3.37. The van der Waals surface area contributed by atoms with Crippen LogP contribution in [0.3, 0.4) is 0 Å². The number of carbonyl (C=O) groups is 3. The Balaban J connectivity index is 1.80. The molecule has 1 saturated carbocycles. The van der Waals surface area contributed by atoms with Crippen molar-refractivity contribution >= 4 is 28.9 Å². The average molecular weight is 435 g/mol. The monoisotopic (exact) mass is 434 g/mol. The summed E-state index contributed by atoms with van der Waals surface area (Å²) in [6.45, 7) is 3.81. The van der Waals surface area contributed by atoms with E-state index < -0.39 is 12.1 Å². The molecule has 1 aliphatic carbocycles. The number of thioether (sulfide) groups is 1. The van der Waals surface area contributed by atoms with Crippen LogP contribution < -0.4 is 15.4 Å². The first-order chi connectivity index (χ1) is 14.5. The predicted molar refractivity (Wildman–Crippen MR) is 121 cm³/mol. The first kappa shape index (κ1) is 24.3. The lowest BCUT2D eigenvalue weighted by Gasteiger charge is -2.21. The van der Waals surface area contributed by atoms with Crippen molar-refractivity contribution in [3.8, 4) is 5.75 Å². The minimum Gasteiger partial charge on any atom is -0.410 e. The number of hydrogen-bond acceptors (Lipinski definition) is 5. The maximum Gasteiger partial charge on any atom is 0.413 e. The Morgan fingerprint density at radius 3 is 2.43 bits per heavy atom. The summed E-state index contributed by atoms with van der Waals surface area (Å²) < 4.78 is 5.29. The van der Waals surface area contributed by atoms with E-state index in [2.05, 4.69) is 10.6 Å². The molecule has 30 heavy (non-hydrogen) atoms. The second-order valence-electron chi connectivity index (χ2n) is 8.06. The predicted octanol–water partition coefficient (Wildman–Crippen LogP) is 4.68. The van der Waals surface area contributed by atoms with Gasteiger partial charge in [-0.3, -0.25) is 9.59 Å². The van der Waals surface area contributed by atoms with E-state index in [-0.39, 0.29) is 23.0 Å². The molecule has 0 radical (unpaired) electrons. The van der Waals surface area contributed by atoms with Gasteiger partial charge in [-0.15, -0.1) is 0 Å². The smallest absolute Gasteiger partial charge is 0.410 e. The van der Waals surface area contributed by atoms with Gasteiger partial charge in [0.15, 0.2) is 5.12 Å². The summed E-state index contributed by atoms with van der Waals surface area (Å²) in [4.78, 5) is 36.7. The lowest BCUT2D eigenvalue weighted by Crippen LogP contribution is -2.49. The standard InChI is InChI=1S/C23H34N2O4S/c1-17(2)22(27)30-16-10-4-7-15-20(21(26)24-18-11-8-9-12-18)25-23(28)29-19-13-5-3-6-14-19/h3,5-6,13-14,17-18,20H,4,7-12,15-16H2,1-2H3,(H,24,26)(H,25,28)/t20-/m0/s1. The van der Waals surface area contributed by atoms with Gasteiger partial charge >= 0.3 is 6.09 Å². The Morgan fingerprint density at radius 2 is 1.77 bits per heavy atom. The Bertz CT molecular complexity index is 675. The average Bonchev–Trinajstić information content (AvgIpc) is 3.23. The lowest BCUT2D eigenvalue weighted by molar-refractivity contribution is -0.123.